The van der Waals surface area contributed by atoms with Gasteiger partial charge in [-0.05, 0) is 30.5 Å². The number of aromatic nitrogens is 1. The van der Waals surface area contributed by atoms with Crippen molar-refractivity contribution >= 4 is 17.9 Å². The number of imide groups is 1. The molecule has 0 saturated carbocycles. The molecule has 4 nitrogen and oxygen atoms in total. The van der Waals surface area contributed by atoms with Crippen LogP contribution in [0.1, 0.15) is 24.8 Å². The summed E-state index contributed by atoms with van der Waals surface area (Å²) in [6.07, 6.45) is 8.71. The van der Waals surface area contributed by atoms with Gasteiger partial charge in [0.15, 0.2) is 0 Å². The Morgan fingerprint density at radius 1 is 1.41 bits per heavy atom. The summed E-state index contributed by atoms with van der Waals surface area (Å²) < 4.78 is 0. The second kappa shape index (κ2) is 5.39. The highest BCUT2D eigenvalue weighted by molar-refractivity contribution is 6.03. The number of pyridine rings is 1. The molecule has 2 heterocycles. The molecule has 0 atom stereocenters. The quantitative estimate of drug-likeness (QED) is 0.726. The first-order valence-electron chi connectivity index (χ1n) is 5.70. The van der Waals surface area contributed by atoms with Crippen LogP contribution in [0.25, 0.3) is 6.08 Å². The highest BCUT2D eigenvalue weighted by Gasteiger charge is 2.22. The maximum absolute atomic E-state index is 11.8. The molecular formula is C13H14N2O2. The van der Waals surface area contributed by atoms with Crippen LogP contribution < -0.4 is 0 Å². The molecule has 1 saturated heterocycles. The van der Waals surface area contributed by atoms with Crippen LogP contribution in [0, 0.1) is 0 Å². The van der Waals surface area contributed by atoms with Gasteiger partial charge in [0.1, 0.15) is 0 Å². The summed E-state index contributed by atoms with van der Waals surface area (Å²) >= 11 is 0. The van der Waals surface area contributed by atoms with Crippen molar-refractivity contribution in [2.75, 3.05) is 6.54 Å². The van der Waals surface area contributed by atoms with Crippen molar-refractivity contribution in [1.29, 1.82) is 0 Å². The Bertz CT molecular complexity index is 440. The Balaban J connectivity index is 2.01. The molecule has 1 fully saturated rings. The lowest BCUT2D eigenvalue weighted by Crippen LogP contribution is -2.39. The molecule has 1 aliphatic heterocycles. The second-order valence-electron chi connectivity index (χ2n) is 3.96. The van der Waals surface area contributed by atoms with E-state index in [0.717, 1.165) is 18.4 Å². The number of likely N-dealkylation sites (tertiary alicyclic amines) is 1. The standard InChI is InChI=1S/C13H14N2O2/c16-12-5-1-2-9-15(12)13(17)7-6-11-4-3-8-14-10-11/h3-4,6-8,10H,1-2,5,9H2/b7-6+. The molecule has 0 radical (unpaired) electrons. The fourth-order valence-electron chi connectivity index (χ4n) is 1.77. The van der Waals surface area contributed by atoms with Crippen molar-refractivity contribution in [3.63, 3.8) is 0 Å². The fraction of sp³-hybridized carbons (Fsp3) is 0.308. The average molecular weight is 230 g/mol. The van der Waals surface area contributed by atoms with E-state index in [1.165, 1.54) is 11.0 Å². The zero-order valence-corrected chi connectivity index (χ0v) is 9.50. The van der Waals surface area contributed by atoms with E-state index < -0.39 is 0 Å². The number of piperidine rings is 1. The number of carbonyl (C=O) groups excluding carboxylic acids is 2. The van der Waals surface area contributed by atoms with Gasteiger partial charge in [-0.3, -0.25) is 19.5 Å². The highest BCUT2D eigenvalue weighted by atomic mass is 16.2. The topological polar surface area (TPSA) is 50.3 Å². The van der Waals surface area contributed by atoms with Gasteiger partial charge in [0.25, 0.3) is 5.91 Å². The molecule has 4 heteroatoms. The first kappa shape index (κ1) is 11.5. The van der Waals surface area contributed by atoms with E-state index in [0.29, 0.717) is 13.0 Å². The summed E-state index contributed by atoms with van der Waals surface area (Å²) in [4.78, 5) is 28.5. The lowest BCUT2D eigenvalue weighted by atomic mass is 10.1. The third kappa shape index (κ3) is 3.00. The Kier molecular flexibility index (Phi) is 3.65. The number of amides is 2. The van der Waals surface area contributed by atoms with Gasteiger partial charge in [-0.2, -0.15) is 0 Å². The van der Waals surface area contributed by atoms with Gasteiger partial charge in [-0.25, -0.2) is 0 Å². The van der Waals surface area contributed by atoms with Crippen LogP contribution in [-0.2, 0) is 9.59 Å². The van der Waals surface area contributed by atoms with Crippen LogP contribution in [0.2, 0.25) is 0 Å². The maximum Gasteiger partial charge on any atom is 0.253 e. The lowest BCUT2D eigenvalue weighted by molar-refractivity contribution is -0.143. The van der Waals surface area contributed by atoms with Gasteiger partial charge in [0.2, 0.25) is 5.91 Å². The maximum atomic E-state index is 11.8. The number of rotatable bonds is 2. The van der Waals surface area contributed by atoms with Crippen LogP contribution in [0.15, 0.2) is 30.6 Å². The molecule has 1 aromatic heterocycles. The molecule has 2 rings (SSSR count). The molecule has 0 aliphatic carbocycles. The van der Waals surface area contributed by atoms with Gasteiger partial charge in [0, 0.05) is 31.4 Å². The minimum atomic E-state index is -0.237. The largest absolute Gasteiger partial charge is 0.279 e. The van der Waals surface area contributed by atoms with Gasteiger partial charge >= 0.3 is 0 Å². The van der Waals surface area contributed by atoms with Crippen molar-refractivity contribution in [1.82, 2.24) is 9.88 Å². The molecule has 0 N–H and O–H groups in total. The third-order valence-electron chi connectivity index (χ3n) is 2.69. The summed E-state index contributed by atoms with van der Waals surface area (Å²) in [6.45, 7) is 0.537. The first-order valence-corrected chi connectivity index (χ1v) is 5.70. The summed E-state index contributed by atoms with van der Waals surface area (Å²) in [5.41, 5.74) is 0.852. The van der Waals surface area contributed by atoms with Crippen molar-refractivity contribution in [3.05, 3.63) is 36.2 Å². The van der Waals surface area contributed by atoms with E-state index >= 15 is 0 Å². The van der Waals surface area contributed by atoms with Gasteiger partial charge < -0.3 is 0 Å². The fourth-order valence-corrected chi connectivity index (χ4v) is 1.77. The molecule has 0 spiro atoms. The van der Waals surface area contributed by atoms with Crippen LogP contribution >= 0.6 is 0 Å². The molecule has 0 unspecified atom stereocenters. The summed E-state index contributed by atoms with van der Waals surface area (Å²) in [6, 6.07) is 3.66. The summed E-state index contributed by atoms with van der Waals surface area (Å²) in [5, 5.41) is 0. The molecule has 88 valence electrons. The molecule has 17 heavy (non-hydrogen) atoms. The predicted molar refractivity (Wildman–Crippen MR) is 63.8 cm³/mol. The monoisotopic (exact) mass is 230 g/mol. The summed E-state index contributed by atoms with van der Waals surface area (Å²) in [7, 11) is 0. The molecule has 2 amide bonds. The van der Waals surface area contributed by atoms with Crippen molar-refractivity contribution in [2.24, 2.45) is 0 Å². The van der Waals surface area contributed by atoms with Gasteiger partial charge in [-0.15, -0.1) is 0 Å². The normalized spacial score (nSPS) is 16.5. The Morgan fingerprint density at radius 3 is 3.00 bits per heavy atom. The molecule has 0 aromatic carbocycles. The number of nitrogens with zero attached hydrogens (tertiary/aromatic N) is 2. The molecule has 0 bridgehead atoms. The van der Waals surface area contributed by atoms with Crippen molar-refractivity contribution in [3.8, 4) is 0 Å². The van der Waals surface area contributed by atoms with Crippen molar-refractivity contribution in [2.45, 2.75) is 19.3 Å². The van der Waals surface area contributed by atoms with Crippen LogP contribution in [0.3, 0.4) is 0 Å². The minimum absolute atomic E-state index is 0.0721. The first-order chi connectivity index (χ1) is 8.27. The van der Waals surface area contributed by atoms with Crippen LogP contribution in [0.4, 0.5) is 0 Å². The molecule has 1 aliphatic rings. The lowest BCUT2D eigenvalue weighted by Gasteiger charge is -2.23. The Labute approximate surface area is 100.0 Å². The van der Waals surface area contributed by atoms with E-state index in [4.69, 9.17) is 0 Å². The van der Waals surface area contributed by atoms with Crippen LogP contribution in [0.5, 0.6) is 0 Å². The van der Waals surface area contributed by atoms with Gasteiger partial charge in [0.05, 0.1) is 0 Å². The third-order valence-corrected chi connectivity index (χ3v) is 2.69. The number of carbonyl (C=O) groups is 2. The van der Waals surface area contributed by atoms with Gasteiger partial charge in [-0.1, -0.05) is 6.07 Å². The zero-order chi connectivity index (χ0) is 12.1. The minimum Gasteiger partial charge on any atom is -0.279 e. The number of hydrogen-bond acceptors (Lipinski definition) is 3. The average Bonchev–Trinajstić information content (AvgIpc) is 2.38. The molecular weight excluding hydrogens is 216 g/mol. The van der Waals surface area contributed by atoms with E-state index in [-0.39, 0.29) is 11.8 Å². The zero-order valence-electron chi connectivity index (χ0n) is 9.50. The van der Waals surface area contributed by atoms with Crippen LogP contribution in [-0.4, -0.2) is 28.2 Å². The summed E-state index contributed by atoms with van der Waals surface area (Å²) in [5.74, 6) is -0.310. The Hall–Kier alpha value is -1.97. The highest BCUT2D eigenvalue weighted by Crippen LogP contribution is 2.11. The SMILES string of the molecule is O=C(/C=C/c1cccnc1)N1CCCCC1=O. The molecule has 1 aromatic rings. The predicted octanol–water partition coefficient (Wildman–Crippen LogP) is 1.63. The van der Waals surface area contributed by atoms with E-state index in [2.05, 4.69) is 4.98 Å². The van der Waals surface area contributed by atoms with Crippen molar-refractivity contribution < 1.29 is 9.59 Å². The van der Waals surface area contributed by atoms with E-state index in [1.807, 2.05) is 6.07 Å². The second-order valence-corrected chi connectivity index (χ2v) is 3.96. The smallest absolute Gasteiger partial charge is 0.253 e. The number of hydrogen-bond donors (Lipinski definition) is 0. The Morgan fingerprint density at radius 2 is 2.29 bits per heavy atom. The van der Waals surface area contributed by atoms with E-state index in [9.17, 15) is 9.59 Å². The van der Waals surface area contributed by atoms with E-state index in [1.54, 1.807) is 24.5 Å².